The second-order valence-electron chi connectivity index (χ2n) is 3.59. The molecule has 0 radical (unpaired) electrons. The summed E-state index contributed by atoms with van der Waals surface area (Å²) < 4.78 is 5.76. The first-order chi connectivity index (χ1) is 7.79. The summed E-state index contributed by atoms with van der Waals surface area (Å²) in [7, 11) is 0. The van der Waals surface area contributed by atoms with Crippen molar-refractivity contribution in [3.05, 3.63) is 53.9 Å². The van der Waals surface area contributed by atoms with Crippen LogP contribution in [-0.4, -0.2) is 4.98 Å². The fourth-order valence-electron chi connectivity index (χ4n) is 1.44. The molecule has 1 aromatic heterocycles. The van der Waals surface area contributed by atoms with E-state index in [-0.39, 0.29) is 0 Å². The molecule has 0 saturated heterocycles. The van der Waals surface area contributed by atoms with Gasteiger partial charge in [-0.3, -0.25) is 4.98 Å². The molecule has 0 unspecified atom stereocenters. The molecule has 0 fully saturated rings. The van der Waals surface area contributed by atoms with Gasteiger partial charge in [-0.25, -0.2) is 0 Å². The number of nitrogens with two attached hydrogens (primary N) is 1. The molecule has 0 aliphatic rings. The van der Waals surface area contributed by atoms with Gasteiger partial charge in [-0.2, -0.15) is 0 Å². The molecule has 0 aliphatic carbocycles. The van der Waals surface area contributed by atoms with Gasteiger partial charge in [0.1, 0.15) is 11.5 Å². The van der Waals surface area contributed by atoms with Gasteiger partial charge in [0.25, 0.3) is 0 Å². The molecule has 0 bridgehead atoms. The Morgan fingerprint density at radius 2 is 2.19 bits per heavy atom. The smallest absolute Gasteiger partial charge is 0.133 e. The number of pyridine rings is 1. The number of aromatic nitrogens is 1. The van der Waals surface area contributed by atoms with Crippen molar-refractivity contribution >= 4 is 0 Å². The lowest BCUT2D eigenvalue weighted by Crippen LogP contribution is -1.96. The van der Waals surface area contributed by atoms with Gasteiger partial charge in [0.2, 0.25) is 0 Å². The van der Waals surface area contributed by atoms with Crippen LogP contribution < -0.4 is 10.5 Å². The van der Waals surface area contributed by atoms with Gasteiger partial charge in [-0.1, -0.05) is 12.1 Å². The molecular weight excluding hydrogens is 200 g/mol. The maximum atomic E-state index is 5.76. The van der Waals surface area contributed by atoms with Gasteiger partial charge < -0.3 is 10.5 Å². The van der Waals surface area contributed by atoms with Crippen molar-refractivity contribution in [1.29, 1.82) is 0 Å². The summed E-state index contributed by atoms with van der Waals surface area (Å²) in [5.74, 6) is 1.63. The zero-order valence-electron chi connectivity index (χ0n) is 9.18. The molecule has 1 heterocycles. The van der Waals surface area contributed by atoms with E-state index in [2.05, 4.69) is 4.98 Å². The first kappa shape index (κ1) is 10.6. The van der Waals surface area contributed by atoms with E-state index in [1.165, 1.54) is 0 Å². The zero-order chi connectivity index (χ0) is 11.4. The Kier molecular flexibility index (Phi) is 3.17. The van der Waals surface area contributed by atoms with Crippen LogP contribution in [-0.2, 0) is 6.54 Å². The second kappa shape index (κ2) is 4.77. The van der Waals surface area contributed by atoms with Crippen LogP contribution in [0.15, 0.2) is 42.7 Å². The van der Waals surface area contributed by atoms with Crippen LogP contribution in [0.5, 0.6) is 11.5 Å². The van der Waals surface area contributed by atoms with Crippen molar-refractivity contribution in [3.63, 3.8) is 0 Å². The minimum absolute atomic E-state index is 0.520. The van der Waals surface area contributed by atoms with E-state index in [0.717, 1.165) is 22.6 Å². The Morgan fingerprint density at radius 1 is 1.31 bits per heavy atom. The van der Waals surface area contributed by atoms with E-state index in [0.29, 0.717) is 6.54 Å². The van der Waals surface area contributed by atoms with Crippen molar-refractivity contribution in [3.8, 4) is 11.5 Å². The lowest BCUT2D eigenvalue weighted by atomic mass is 10.2. The van der Waals surface area contributed by atoms with Crippen LogP contribution in [0.3, 0.4) is 0 Å². The van der Waals surface area contributed by atoms with Gasteiger partial charge in [0.05, 0.1) is 0 Å². The quantitative estimate of drug-likeness (QED) is 0.854. The fraction of sp³-hybridized carbons (Fsp3) is 0.154. The van der Waals surface area contributed by atoms with E-state index < -0.39 is 0 Å². The highest BCUT2D eigenvalue weighted by atomic mass is 16.5. The molecule has 16 heavy (non-hydrogen) atoms. The average molecular weight is 214 g/mol. The molecule has 3 heteroatoms. The standard InChI is InChI=1S/C13H14N2O/c1-10-9-15-6-5-13(10)16-12-4-2-3-11(7-12)8-14/h2-7,9H,8,14H2,1H3. The van der Waals surface area contributed by atoms with E-state index in [1.54, 1.807) is 12.4 Å². The lowest BCUT2D eigenvalue weighted by Gasteiger charge is -2.08. The highest BCUT2D eigenvalue weighted by molar-refractivity contribution is 5.36. The molecule has 0 spiro atoms. The molecule has 2 aromatic rings. The normalized spacial score (nSPS) is 10.1. The Labute approximate surface area is 94.9 Å². The van der Waals surface area contributed by atoms with Crippen LogP contribution >= 0.6 is 0 Å². The first-order valence-corrected chi connectivity index (χ1v) is 5.17. The number of ether oxygens (including phenoxy) is 1. The van der Waals surface area contributed by atoms with Gasteiger partial charge >= 0.3 is 0 Å². The van der Waals surface area contributed by atoms with E-state index in [1.807, 2.05) is 37.3 Å². The molecule has 2 rings (SSSR count). The summed E-state index contributed by atoms with van der Waals surface area (Å²) in [6.45, 7) is 2.49. The predicted octanol–water partition coefficient (Wildman–Crippen LogP) is 2.64. The highest BCUT2D eigenvalue weighted by Crippen LogP contribution is 2.24. The third kappa shape index (κ3) is 2.38. The van der Waals surface area contributed by atoms with Gasteiger partial charge in [0, 0.05) is 24.5 Å². The highest BCUT2D eigenvalue weighted by Gasteiger charge is 2.01. The summed E-state index contributed by atoms with van der Waals surface area (Å²) in [4.78, 5) is 4.02. The fourth-order valence-corrected chi connectivity index (χ4v) is 1.44. The Balaban J connectivity index is 2.24. The maximum Gasteiger partial charge on any atom is 0.133 e. The molecule has 0 amide bonds. The predicted molar refractivity (Wildman–Crippen MR) is 63.4 cm³/mol. The number of rotatable bonds is 3. The van der Waals surface area contributed by atoms with Crippen LogP contribution in [0, 0.1) is 6.92 Å². The number of nitrogens with zero attached hydrogens (tertiary/aromatic N) is 1. The summed E-state index contributed by atoms with van der Waals surface area (Å²) in [5, 5.41) is 0. The van der Waals surface area contributed by atoms with Crippen LogP contribution in [0.25, 0.3) is 0 Å². The van der Waals surface area contributed by atoms with Crippen LogP contribution in [0.4, 0.5) is 0 Å². The molecule has 3 nitrogen and oxygen atoms in total. The Hall–Kier alpha value is -1.87. The summed E-state index contributed by atoms with van der Waals surface area (Å²) in [5.41, 5.74) is 7.65. The third-order valence-corrected chi connectivity index (χ3v) is 2.33. The van der Waals surface area contributed by atoms with Gasteiger partial charge in [-0.05, 0) is 30.7 Å². The van der Waals surface area contributed by atoms with E-state index in [4.69, 9.17) is 10.5 Å². The van der Waals surface area contributed by atoms with Crippen LogP contribution in [0.2, 0.25) is 0 Å². The van der Waals surface area contributed by atoms with Crippen molar-refractivity contribution in [2.75, 3.05) is 0 Å². The molecular formula is C13H14N2O. The molecule has 0 saturated carbocycles. The molecule has 0 aliphatic heterocycles. The van der Waals surface area contributed by atoms with Crippen LogP contribution in [0.1, 0.15) is 11.1 Å². The van der Waals surface area contributed by atoms with Gasteiger partial charge in [0.15, 0.2) is 0 Å². The topological polar surface area (TPSA) is 48.1 Å². The minimum atomic E-state index is 0.520. The summed E-state index contributed by atoms with van der Waals surface area (Å²) in [6, 6.07) is 9.63. The van der Waals surface area contributed by atoms with Crippen molar-refractivity contribution in [2.45, 2.75) is 13.5 Å². The van der Waals surface area contributed by atoms with Crippen molar-refractivity contribution in [2.24, 2.45) is 5.73 Å². The van der Waals surface area contributed by atoms with Crippen molar-refractivity contribution in [1.82, 2.24) is 4.98 Å². The second-order valence-corrected chi connectivity index (χ2v) is 3.59. The SMILES string of the molecule is Cc1cnccc1Oc1cccc(CN)c1. The minimum Gasteiger partial charge on any atom is -0.457 e. The van der Waals surface area contributed by atoms with E-state index in [9.17, 15) is 0 Å². The summed E-state index contributed by atoms with van der Waals surface area (Å²) in [6.07, 6.45) is 3.50. The molecule has 82 valence electrons. The maximum absolute atomic E-state index is 5.76. The largest absolute Gasteiger partial charge is 0.457 e. The molecule has 2 N–H and O–H groups in total. The average Bonchev–Trinajstić information content (AvgIpc) is 2.32. The summed E-state index contributed by atoms with van der Waals surface area (Å²) >= 11 is 0. The number of hydrogen-bond donors (Lipinski definition) is 1. The Morgan fingerprint density at radius 3 is 2.94 bits per heavy atom. The number of aryl methyl sites for hydroxylation is 1. The van der Waals surface area contributed by atoms with E-state index >= 15 is 0 Å². The third-order valence-electron chi connectivity index (χ3n) is 2.33. The van der Waals surface area contributed by atoms with Crippen molar-refractivity contribution < 1.29 is 4.74 Å². The Bertz CT molecular complexity index is 483. The number of hydrogen-bond acceptors (Lipinski definition) is 3. The van der Waals surface area contributed by atoms with Gasteiger partial charge in [-0.15, -0.1) is 0 Å². The zero-order valence-corrected chi connectivity index (χ0v) is 9.18. The first-order valence-electron chi connectivity index (χ1n) is 5.17. The lowest BCUT2D eigenvalue weighted by molar-refractivity contribution is 0.477. The molecule has 0 atom stereocenters. The monoisotopic (exact) mass is 214 g/mol. The number of benzene rings is 1. The molecule has 1 aromatic carbocycles.